The molecular weight excluding hydrogens is 967 g/mol. The standard InChI is InChI=1S/C51H87N7O16/c1-15-17-19-33-42(61)56(70)27-36(59)57-34(20-18-24-54(57)28-72-47(66)48(9,10)11)41(60)55-25-23-49(12,67)40(55)44(63)58(71)38(30(5)6)45(64)73-39(31(7)8)37(43(62)53(33)14)52-46(65)50(13,68)51(69)22-21-32(26-29(3)4)35(16-2)74-51/h29-35,37-40,67-71H,15-28H2,1-14H3,(H,52,65). The van der Waals surface area contributed by atoms with Crippen molar-refractivity contribution >= 4 is 47.4 Å². The summed E-state index contributed by atoms with van der Waals surface area (Å²) in [4.78, 5) is 118. The molecule has 0 bridgehead atoms. The molecule has 0 spiro atoms. The molecule has 0 aromatic carbocycles. The van der Waals surface area contributed by atoms with Crippen molar-refractivity contribution in [1.82, 2.24) is 35.3 Å². The summed E-state index contributed by atoms with van der Waals surface area (Å²) in [6, 6.07) is -8.77. The topological polar surface area (TPSA) is 297 Å². The maximum Gasteiger partial charge on any atom is 0.332 e. The average molecular weight is 1050 g/mol. The van der Waals surface area contributed by atoms with Crippen LogP contribution in [0.3, 0.4) is 0 Å². The van der Waals surface area contributed by atoms with Gasteiger partial charge in [0.05, 0.1) is 17.1 Å². The van der Waals surface area contributed by atoms with Crippen molar-refractivity contribution < 1.29 is 78.3 Å². The Kier molecular flexibility index (Phi) is 20.7. The van der Waals surface area contributed by atoms with Gasteiger partial charge in [0.15, 0.2) is 18.4 Å². The Balaban J connectivity index is 1.92. The predicted molar refractivity (Wildman–Crippen MR) is 264 cm³/mol. The van der Waals surface area contributed by atoms with Crippen LogP contribution in [0.2, 0.25) is 0 Å². The molecule has 6 N–H and O–H groups in total. The van der Waals surface area contributed by atoms with Gasteiger partial charge in [-0.3, -0.25) is 49.0 Å². The molecule has 6 amide bonds. The summed E-state index contributed by atoms with van der Waals surface area (Å²) < 4.78 is 17.8. The van der Waals surface area contributed by atoms with E-state index < -0.39 is 137 Å². The number of amides is 6. The number of nitrogens with zero attached hydrogens (tertiary/aromatic N) is 6. The van der Waals surface area contributed by atoms with Crippen molar-refractivity contribution in [1.29, 1.82) is 0 Å². The van der Waals surface area contributed by atoms with Crippen molar-refractivity contribution in [3.8, 4) is 0 Å². The highest BCUT2D eigenvalue weighted by molar-refractivity contribution is 5.97. The molecule has 23 nitrogen and oxygen atoms in total. The molecule has 4 heterocycles. The number of carbonyl (C=O) groups excluding carboxylic acids is 8. The van der Waals surface area contributed by atoms with Gasteiger partial charge in [0.25, 0.3) is 23.6 Å². The minimum absolute atomic E-state index is 0.00206. The monoisotopic (exact) mass is 1050 g/mol. The highest BCUT2D eigenvalue weighted by atomic mass is 16.7. The zero-order valence-corrected chi connectivity index (χ0v) is 46.2. The second-order valence-electron chi connectivity index (χ2n) is 23.3. The van der Waals surface area contributed by atoms with E-state index in [0.29, 0.717) is 19.3 Å². The normalized spacial score (nSPS) is 31.8. The number of likely N-dealkylation sites (N-methyl/N-ethyl adjacent to an activating group) is 1. The van der Waals surface area contributed by atoms with Crippen molar-refractivity contribution in [2.45, 2.75) is 214 Å². The van der Waals surface area contributed by atoms with Gasteiger partial charge in [-0.2, -0.15) is 5.01 Å². The lowest BCUT2D eigenvalue weighted by Gasteiger charge is -2.48. The Hall–Kier alpha value is -4.52. The van der Waals surface area contributed by atoms with Crippen molar-refractivity contribution in [3.63, 3.8) is 0 Å². The highest BCUT2D eigenvalue weighted by Crippen LogP contribution is 2.42. The van der Waals surface area contributed by atoms with Crippen LogP contribution in [0.1, 0.15) is 154 Å². The molecule has 0 aliphatic carbocycles. The van der Waals surface area contributed by atoms with Gasteiger partial charge in [-0.25, -0.2) is 14.9 Å². The molecule has 4 aliphatic heterocycles. The fourth-order valence-corrected chi connectivity index (χ4v) is 10.5. The molecule has 74 heavy (non-hydrogen) atoms. The Morgan fingerprint density at radius 1 is 0.878 bits per heavy atom. The van der Waals surface area contributed by atoms with E-state index in [4.69, 9.17) is 14.2 Å². The van der Waals surface area contributed by atoms with E-state index in [1.807, 2.05) is 20.8 Å². The third-order valence-electron chi connectivity index (χ3n) is 15.0. The number of hydrazine groups is 1. The third kappa shape index (κ3) is 13.5. The van der Waals surface area contributed by atoms with Crippen LogP contribution in [-0.4, -0.2) is 196 Å². The Labute approximate surface area is 436 Å². The summed E-state index contributed by atoms with van der Waals surface area (Å²) >= 11 is 0. The van der Waals surface area contributed by atoms with Gasteiger partial charge < -0.3 is 44.6 Å². The molecule has 0 saturated carbocycles. The van der Waals surface area contributed by atoms with E-state index in [1.54, 1.807) is 27.7 Å². The molecule has 4 saturated heterocycles. The van der Waals surface area contributed by atoms with E-state index in [0.717, 1.165) is 28.2 Å². The van der Waals surface area contributed by atoms with Gasteiger partial charge in [0.1, 0.15) is 36.8 Å². The van der Waals surface area contributed by atoms with E-state index in [-0.39, 0.29) is 73.6 Å². The van der Waals surface area contributed by atoms with Crippen LogP contribution in [0.25, 0.3) is 0 Å². The first-order chi connectivity index (χ1) is 34.2. The van der Waals surface area contributed by atoms with Gasteiger partial charge in [0.2, 0.25) is 17.6 Å². The van der Waals surface area contributed by atoms with Gasteiger partial charge in [-0.05, 0) is 103 Å². The highest BCUT2D eigenvalue weighted by Gasteiger charge is 2.59. The molecule has 0 radical (unpaired) electrons. The molecule has 23 heteroatoms. The van der Waals surface area contributed by atoms with Gasteiger partial charge in [-0.1, -0.05) is 68.2 Å². The number of rotatable bonds is 13. The fourth-order valence-electron chi connectivity index (χ4n) is 10.5. The van der Waals surface area contributed by atoms with Crippen LogP contribution in [-0.2, 0) is 52.6 Å². The maximum absolute atomic E-state index is 15.2. The van der Waals surface area contributed by atoms with E-state index in [2.05, 4.69) is 5.32 Å². The van der Waals surface area contributed by atoms with Crippen molar-refractivity contribution in [2.75, 3.05) is 33.4 Å². The zero-order chi connectivity index (χ0) is 56.2. The summed E-state index contributed by atoms with van der Waals surface area (Å²) in [5.41, 5.74) is -5.76. The number of nitrogens with one attached hydrogen (secondary N) is 1. The van der Waals surface area contributed by atoms with Gasteiger partial charge in [-0.15, -0.1) is 0 Å². The molecule has 422 valence electrons. The SMILES string of the molecule is CCCCC1C(=O)N(O)CC(=O)N2C(CCCN2COC(=O)C(C)(C)C)C(=O)N2CCC(C)(O)C2C(=O)N(O)C(C(C)C)C(=O)OC(C(C)C)C(NC(=O)C(C)(O)C2(O)CCC(CC(C)C)C(CC)O2)C(=O)N1C. The number of ether oxygens (including phenoxy) is 3. The number of hydrogen-bond acceptors (Lipinski definition) is 17. The number of unbranched alkanes of at least 4 members (excludes halogenated alkanes) is 1. The van der Waals surface area contributed by atoms with Gasteiger partial charge >= 0.3 is 11.9 Å². The average Bonchev–Trinajstić information content (AvgIpc) is 3.64. The van der Waals surface area contributed by atoms with E-state index in [1.165, 1.54) is 46.7 Å². The van der Waals surface area contributed by atoms with E-state index >= 15 is 4.79 Å². The summed E-state index contributed by atoms with van der Waals surface area (Å²) in [6.45, 7) is 19.0. The lowest BCUT2D eigenvalue weighted by atomic mass is 9.78. The maximum atomic E-state index is 15.2. The number of cyclic esters (lactones) is 1. The molecule has 0 aromatic rings. The predicted octanol–water partition coefficient (Wildman–Crippen LogP) is 2.33. The third-order valence-corrected chi connectivity index (χ3v) is 15.0. The largest absolute Gasteiger partial charge is 0.458 e. The molecule has 4 aliphatic rings. The summed E-state index contributed by atoms with van der Waals surface area (Å²) in [7, 11) is 1.20. The lowest BCUT2D eigenvalue weighted by Crippen LogP contribution is -2.69. The van der Waals surface area contributed by atoms with Crippen LogP contribution in [0.5, 0.6) is 0 Å². The number of fused-ring (bicyclic) bond motifs is 2. The molecule has 11 unspecified atom stereocenters. The lowest BCUT2D eigenvalue weighted by molar-refractivity contribution is -0.329. The first kappa shape index (κ1) is 62.0. The molecule has 4 rings (SSSR count). The smallest absolute Gasteiger partial charge is 0.332 e. The minimum Gasteiger partial charge on any atom is -0.458 e. The molecule has 4 fully saturated rings. The van der Waals surface area contributed by atoms with Crippen LogP contribution < -0.4 is 5.32 Å². The molecule has 0 aromatic heterocycles. The zero-order valence-electron chi connectivity index (χ0n) is 46.2. The summed E-state index contributed by atoms with van der Waals surface area (Å²) in [5, 5.41) is 64.2. The number of hydrogen-bond donors (Lipinski definition) is 6. The number of carbonyl (C=O) groups is 8. The van der Waals surface area contributed by atoms with E-state index in [9.17, 15) is 59.3 Å². The fraction of sp³-hybridized carbons (Fsp3) is 0.843. The number of hydroxylamine groups is 4. The Morgan fingerprint density at radius 2 is 1.51 bits per heavy atom. The number of esters is 2. The molecular formula is C51H87N7O16. The second kappa shape index (κ2) is 24.6. The first-order valence-electron chi connectivity index (χ1n) is 26.4. The van der Waals surface area contributed by atoms with Crippen LogP contribution >= 0.6 is 0 Å². The molecule has 11 atom stereocenters. The Morgan fingerprint density at radius 3 is 2.07 bits per heavy atom. The van der Waals surface area contributed by atoms with Crippen LogP contribution in [0.4, 0.5) is 0 Å². The van der Waals surface area contributed by atoms with Crippen molar-refractivity contribution in [2.24, 2.45) is 29.1 Å². The Bertz CT molecular complexity index is 2040. The first-order valence-corrected chi connectivity index (χ1v) is 26.4. The second-order valence-corrected chi connectivity index (χ2v) is 23.3. The van der Waals surface area contributed by atoms with Gasteiger partial charge in [0, 0.05) is 26.6 Å². The van der Waals surface area contributed by atoms with Crippen LogP contribution in [0, 0.1) is 29.1 Å². The van der Waals surface area contributed by atoms with Crippen LogP contribution in [0.15, 0.2) is 0 Å². The number of aliphatic hydroxyl groups is 3. The van der Waals surface area contributed by atoms with Crippen molar-refractivity contribution in [3.05, 3.63) is 0 Å². The summed E-state index contributed by atoms with van der Waals surface area (Å²) in [6.07, 6.45) is -0.195. The minimum atomic E-state index is -2.76. The quantitative estimate of drug-likeness (QED) is 0.114. The summed E-state index contributed by atoms with van der Waals surface area (Å²) in [5.74, 6) is -12.8.